The molecule has 1 aromatic rings. The summed E-state index contributed by atoms with van der Waals surface area (Å²) in [6.07, 6.45) is 1.13. The Balaban J connectivity index is 2.81. The van der Waals surface area contributed by atoms with Gasteiger partial charge in [-0.25, -0.2) is 0 Å². The highest BCUT2D eigenvalue weighted by Crippen LogP contribution is 2.27. The summed E-state index contributed by atoms with van der Waals surface area (Å²) in [5.74, 6) is 1.92. The Morgan fingerprint density at radius 2 is 2.18 bits per heavy atom. The predicted octanol–water partition coefficient (Wildman–Crippen LogP) is 3.67. The Labute approximate surface area is 106 Å². The zero-order valence-electron chi connectivity index (χ0n) is 10.2. The zero-order valence-corrected chi connectivity index (χ0v) is 11.0. The van der Waals surface area contributed by atoms with E-state index in [1.54, 1.807) is 23.9 Å². The summed E-state index contributed by atoms with van der Waals surface area (Å²) >= 11 is 1.80. The molecule has 1 aromatic carbocycles. The number of thioether (sulfide) groups is 1. The second-order valence-corrected chi connectivity index (χ2v) is 4.80. The molecule has 1 rings (SSSR count). The van der Waals surface area contributed by atoms with Crippen molar-refractivity contribution in [3.8, 4) is 0 Å². The summed E-state index contributed by atoms with van der Waals surface area (Å²) in [6.45, 7) is 4.74. The third-order valence-electron chi connectivity index (χ3n) is 2.24. The summed E-state index contributed by atoms with van der Waals surface area (Å²) < 4.78 is 0. The van der Waals surface area contributed by atoms with E-state index in [2.05, 4.69) is 12.2 Å². The summed E-state index contributed by atoms with van der Waals surface area (Å²) in [5.41, 5.74) is 1.78. The fraction of sp³-hybridized carbons (Fsp3) is 0.500. The van der Waals surface area contributed by atoms with Gasteiger partial charge in [-0.3, -0.25) is 10.1 Å². The van der Waals surface area contributed by atoms with Crippen molar-refractivity contribution in [2.75, 3.05) is 17.6 Å². The number of nitrogens with one attached hydrogen (secondary N) is 1. The molecule has 0 amide bonds. The average Bonchev–Trinajstić information content (AvgIpc) is 2.31. The maximum atomic E-state index is 10.9. The molecule has 0 spiro atoms. The molecule has 94 valence electrons. The third-order valence-corrected chi connectivity index (χ3v) is 3.48. The summed E-state index contributed by atoms with van der Waals surface area (Å²) in [5, 5.41) is 13.9. The number of rotatable bonds is 7. The smallest absolute Gasteiger partial charge is 0.292 e. The molecule has 0 aliphatic heterocycles. The first-order valence-electron chi connectivity index (χ1n) is 5.78. The Hall–Kier alpha value is -1.23. The fourth-order valence-corrected chi connectivity index (χ4v) is 2.34. The van der Waals surface area contributed by atoms with Gasteiger partial charge in [0.05, 0.1) is 4.92 Å². The molecule has 0 heterocycles. The molecule has 0 aliphatic rings. The molecular weight excluding hydrogens is 236 g/mol. The minimum atomic E-state index is -0.327. The maximum Gasteiger partial charge on any atom is 0.292 e. The quantitative estimate of drug-likeness (QED) is 0.458. The first-order valence-corrected chi connectivity index (χ1v) is 6.93. The van der Waals surface area contributed by atoms with Crippen molar-refractivity contribution in [1.82, 2.24) is 0 Å². The standard InChI is InChI=1S/C12H18N2O2S/c1-3-7-17-9-10-5-6-11(13-4-2)12(8-10)14(15)16/h5-6,8,13H,3-4,7,9H2,1-2H3. The Morgan fingerprint density at radius 1 is 1.41 bits per heavy atom. The van der Waals surface area contributed by atoms with Crippen LogP contribution in [-0.2, 0) is 5.75 Å². The van der Waals surface area contributed by atoms with Crippen LogP contribution < -0.4 is 5.32 Å². The number of anilines is 1. The Bertz CT molecular complexity index is 383. The van der Waals surface area contributed by atoms with E-state index < -0.39 is 0 Å². The molecule has 0 bridgehead atoms. The summed E-state index contributed by atoms with van der Waals surface area (Å²) in [4.78, 5) is 10.6. The number of benzene rings is 1. The van der Waals surface area contributed by atoms with Gasteiger partial charge in [0.2, 0.25) is 0 Å². The van der Waals surface area contributed by atoms with Crippen LogP contribution in [0.5, 0.6) is 0 Å². The van der Waals surface area contributed by atoms with Crippen LogP contribution >= 0.6 is 11.8 Å². The van der Waals surface area contributed by atoms with Crippen LogP contribution in [0.25, 0.3) is 0 Å². The number of hydrogen-bond donors (Lipinski definition) is 1. The zero-order chi connectivity index (χ0) is 12.7. The second-order valence-electron chi connectivity index (χ2n) is 3.69. The van der Waals surface area contributed by atoms with Crippen molar-refractivity contribution in [2.45, 2.75) is 26.0 Å². The lowest BCUT2D eigenvalue weighted by molar-refractivity contribution is -0.384. The van der Waals surface area contributed by atoms with Gasteiger partial charge in [-0.05, 0) is 30.7 Å². The molecule has 4 nitrogen and oxygen atoms in total. The van der Waals surface area contributed by atoms with Crippen LogP contribution in [0.1, 0.15) is 25.8 Å². The first kappa shape index (κ1) is 13.8. The minimum absolute atomic E-state index is 0.168. The Morgan fingerprint density at radius 3 is 2.76 bits per heavy atom. The first-order chi connectivity index (χ1) is 8.19. The summed E-state index contributed by atoms with van der Waals surface area (Å²) in [7, 11) is 0. The molecule has 0 unspecified atom stereocenters. The molecule has 0 saturated carbocycles. The van der Waals surface area contributed by atoms with Crippen LogP contribution in [0, 0.1) is 10.1 Å². The molecular formula is C12H18N2O2S. The van der Waals surface area contributed by atoms with Crippen molar-refractivity contribution < 1.29 is 4.92 Å². The van der Waals surface area contributed by atoms with Crippen LogP contribution in [-0.4, -0.2) is 17.2 Å². The van der Waals surface area contributed by atoms with Crippen molar-refractivity contribution in [1.29, 1.82) is 0 Å². The van der Waals surface area contributed by atoms with Gasteiger partial charge in [-0.1, -0.05) is 13.0 Å². The molecule has 0 aliphatic carbocycles. The lowest BCUT2D eigenvalue weighted by Crippen LogP contribution is -2.01. The van der Waals surface area contributed by atoms with Gasteiger partial charge in [0, 0.05) is 18.4 Å². The maximum absolute atomic E-state index is 10.9. The van der Waals surface area contributed by atoms with Crippen molar-refractivity contribution in [2.24, 2.45) is 0 Å². The SMILES string of the molecule is CCCSCc1ccc(NCC)c([N+](=O)[O-])c1. The van der Waals surface area contributed by atoms with Gasteiger partial charge in [0.25, 0.3) is 5.69 Å². The van der Waals surface area contributed by atoms with Gasteiger partial charge in [-0.2, -0.15) is 11.8 Å². The van der Waals surface area contributed by atoms with E-state index in [-0.39, 0.29) is 10.6 Å². The highest BCUT2D eigenvalue weighted by atomic mass is 32.2. The van der Waals surface area contributed by atoms with Crippen LogP contribution in [0.15, 0.2) is 18.2 Å². The molecule has 0 aromatic heterocycles. The van der Waals surface area contributed by atoms with Crippen LogP contribution in [0.3, 0.4) is 0 Å². The van der Waals surface area contributed by atoms with E-state index in [0.717, 1.165) is 23.5 Å². The monoisotopic (exact) mass is 254 g/mol. The van der Waals surface area contributed by atoms with Gasteiger partial charge < -0.3 is 5.32 Å². The number of nitro groups is 1. The lowest BCUT2D eigenvalue weighted by atomic mass is 10.2. The highest BCUT2D eigenvalue weighted by molar-refractivity contribution is 7.98. The molecule has 0 fully saturated rings. The molecule has 0 saturated heterocycles. The average molecular weight is 254 g/mol. The Kier molecular flexibility index (Phi) is 5.83. The molecule has 17 heavy (non-hydrogen) atoms. The molecule has 1 N–H and O–H groups in total. The van der Waals surface area contributed by atoms with Crippen molar-refractivity contribution in [3.05, 3.63) is 33.9 Å². The van der Waals surface area contributed by atoms with Gasteiger partial charge >= 0.3 is 0 Å². The minimum Gasteiger partial charge on any atom is -0.380 e. The second kappa shape index (κ2) is 7.17. The predicted molar refractivity (Wildman–Crippen MR) is 73.7 cm³/mol. The fourth-order valence-electron chi connectivity index (χ4n) is 1.49. The van der Waals surface area contributed by atoms with Gasteiger partial charge in [0.1, 0.15) is 5.69 Å². The van der Waals surface area contributed by atoms with Crippen molar-refractivity contribution in [3.63, 3.8) is 0 Å². The van der Waals surface area contributed by atoms with E-state index >= 15 is 0 Å². The van der Waals surface area contributed by atoms with E-state index in [9.17, 15) is 10.1 Å². The molecule has 0 atom stereocenters. The normalized spacial score (nSPS) is 10.2. The third kappa shape index (κ3) is 4.26. The highest BCUT2D eigenvalue weighted by Gasteiger charge is 2.13. The summed E-state index contributed by atoms with van der Waals surface area (Å²) in [6, 6.07) is 5.41. The number of nitrogens with zero attached hydrogens (tertiary/aromatic N) is 1. The van der Waals surface area contributed by atoms with Crippen molar-refractivity contribution >= 4 is 23.1 Å². The number of hydrogen-bond acceptors (Lipinski definition) is 4. The molecule has 0 radical (unpaired) electrons. The lowest BCUT2D eigenvalue weighted by Gasteiger charge is -2.06. The van der Waals surface area contributed by atoms with Gasteiger partial charge in [-0.15, -0.1) is 0 Å². The number of nitro benzene ring substituents is 1. The van der Waals surface area contributed by atoms with E-state index in [0.29, 0.717) is 12.2 Å². The van der Waals surface area contributed by atoms with Gasteiger partial charge in [0.15, 0.2) is 0 Å². The van der Waals surface area contributed by atoms with E-state index in [1.807, 2.05) is 13.0 Å². The topological polar surface area (TPSA) is 55.2 Å². The largest absolute Gasteiger partial charge is 0.380 e. The molecule has 5 heteroatoms. The van der Waals surface area contributed by atoms with Crippen LogP contribution in [0.4, 0.5) is 11.4 Å². The van der Waals surface area contributed by atoms with E-state index in [1.165, 1.54) is 0 Å². The van der Waals surface area contributed by atoms with Crippen LogP contribution in [0.2, 0.25) is 0 Å². The van der Waals surface area contributed by atoms with E-state index in [4.69, 9.17) is 0 Å².